The molecule has 0 aliphatic heterocycles. The molecule has 0 radical (unpaired) electrons. The van der Waals surface area contributed by atoms with Gasteiger partial charge in [-0.3, -0.25) is 4.98 Å². The highest BCUT2D eigenvalue weighted by molar-refractivity contribution is 7.17. The van der Waals surface area contributed by atoms with Gasteiger partial charge in [-0.2, -0.15) is 0 Å². The number of carbonyl (C=O) groups is 1. The predicted octanol–water partition coefficient (Wildman–Crippen LogP) is 3.16. The van der Waals surface area contributed by atoms with Crippen molar-refractivity contribution in [2.75, 3.05) is 0 Å². The van der Waals surface area contributed by atoms with Crippen LogP contribution in [0.25, 0.3) is 10.7 Å². The average Bonchev–Trinajstić information content (AvgIpc) is 2.74. The molecule has 0 spiro atoms. The maximum absolute atomic E-state index is 11.2. The topological polar surface area (TPSA) is 63.1 Å². The van der Waals surface area contributed by atoms with Crippen LogP contribution in [0.4, 0.5) is 0 Å². The monoisotopic (exact) mass is 262 g/mol. The van der Waals surface area contributed by atoms with Crippen LogP contribution in [-0.4, -0.2) is 21.0 Å². The molecule has 0 aliphatic rings. The Kier molecular flexibility index (Phi) is 3.72. The summed E-state index contributed by atoms with van der Waals surface area (Å²) in [5.41, 5.74) is 2.49. The number of hydrogen-bond donors (Lipinski definition) is 1. The van der Waals surface area contributed by atoms with E-state index in [0.717, 1.165) is 17.7 Å². The highest BCUT2D eigenvalue weighted by Crippen LogP contribution is 2.28. The summed E-state index contributed by atoms with van der Waals surface area (Å²) in [7, 11) is 0. The fraction of sp³-hybridized carbons (Fsp3) is 0.308. The minimum Gasteiger partial charge on any atom is -0.477 e. The summed E-state index contributed by atoms with van der Waals surface area (Å²) in [4.78, 5) is 20.1. The van der Waals surface area contributed by atoms with E-state index in [-0.39, 0.29) is 0 Å². The third-order valence-corrected chi connectivity index (χ3v) is 3.62. The maximum atomic E-state index is 11.2. The molecule has 1 N–H and O–H groups in total. The Morgan fingerprint density at radius 1 is 1.50 bits per heavy atom. The maximum Gasteiger partial charge on any atom is 0.347 e. The normalized spacial score (nSPS) is 10.6. The van der Waals surface area contributed by atoms with Gasteiger partial charge in [0.25, 0.3) is 0 Å². The second-order valence-electron chi connectivity index (χ2n) is 4.07. The van der Waals surface area contributed by atoms with Gasteiger partial charge in [-0.15, -0.1) is 11.3 Å². The largest absolute Gasteiger partial charge is 0.477 e. The van der Waals surface area contributed by atoms with Crippen LogP contribution in [0.5, 0.6) is 0 Å². The Labute approximate surface area is 109 Å². The van der Waals surface area contributed by atoms with E-state index in [4.69, 9.17) is 5.11 Å². The van der Waals surface area contributed by atoms with Gasteiger partial charge in [-0.1, -0.05) is 13.3 Å². The molecule has 0 fully saturated rings. The first-order valence-electron chi connectivity index (χ1n) is 5.78. The van der Waals surface area contributed by atoms with E-state index in [2.05, 4.69) is 9.97 Å². The Morgan fingerprint density at radius 2 is 2.28 bits per heavy atom. The fourth-order valence-electron chi connectivity index (χ4n) is 1.69. The first-order valence-corrected chi connectivity index (χ1v) is 6.59. The number of aromatic nitrogens is 2. The number of aromatic carboxylic acids is 1. The van der Waals surface area contributed by atoms with E-state index >= 15 is 0 Å². The van der Waals surface area contributed by atoms with Crippen LogP contribution in [0.15, 0.2) is 18.3 Å². The molecule has 5 heteroatoms. The van der Waals surface area contributed by atoms with Crippen LogP contribution in [0, 0.1) is 6.92 Å². The SMILES string of the molecule is CCCc1nc(-c2cc(C)ccn2)sc1C(=O)O. The Bertz CT molecular complexity index is 578. The van der Waals surface area contributed by atoms with Crippen molar-refractivity contribution in [1.29, 1.82) is 0 Å². The molecule has 0 aromatic carbocycles. The fourth-order valence-corrected chi connectivity index (χ4v) is 2.61. The lowest BCUT2D eigenvalue weighted by molar-refractivity contribution is 0.0700. The summed E-state index contributed by atoms with van der Waals surface area (Å²) < 4.78 is 0. The highest BCUT2D eigenvalue weighted by atomic mass is 32.1. The highest BCUT2D eigenvalue weighted by Gasteiger charge is 2.17. The third-order valence-electron chi connectivity index (χ3n) is 2.51. The van der Waals surface area contributed by atoms with E-state index in [0.29, 0.717) is 22.0 Å². The molecule has 0 atom stereocenters. The molecule has 0 aliphatic carbocycles. The molecular weight excluding hydrogens is 248 g/mol. The van der Waals surface area contributed by atoms with Crippen molar-refractivity contribution in [3.05, 3.63) is 34.5 Å². The van der Waals surface area contributed by atoms with Crippen LogP contribution < -0.4 is 0 Å². The first-order chi connectivity index (χ1) is 8.61. The van der Waals surface area contributed by atoms with Crippen LogP contribution in [-0.2, 0) is 6.42 Å². The van der Waals surface area contributed by atoms with Crippen LogP contribution in [0.3, 0.4) is 0 Å². The molecule has 2 heterocycles. The second kappa shape index (κ2) is 5.27. The standard InChI is InChI=1S/C13H14N2O2S/c1-3-4-9-11(13(16)17)18-12(15-9)10-7-8(2)5-6-14-10/h5-7H,3-4H2,1-2H3,(H,16,17). The van der Waals surface area contributed by atoms with Gasteiger partial charge in [0.2, 0.25) is 0 Å². The lowest BCUT2D eigenvalue weighted by Gasteiger charge is -1.96. The van der Waals surface area contributed by atoms with Crippen molar-refractivity contribution in [2.45, 2.75) is 26.7 Å². The summed E-state index contributed by atoms with van der Waals surface area (Å²) in [6.45, 7) is 3.99. The van der Waals surface area contributed by atoms with Crippen LogP contribution in [0.1, 0.15) is 34.3 Å². The first kappa shape index (κ1) is 12.7. The predicted molar refractivity (Wildman–Crippen MR) is 71.0 cm³/mol. The smallest absolute Gasteiger partial charge is 0.347 e. The molecule has 2 rings (SSSR count). The van der Waals surface area contributed by atoms with Gasteiger partial charge in [0.05, 0.1) is 11.4 Å². The van der Waals surface area contributed by atoms with Gasteiger partial charge in [0, 0.05) is 6.20 Å². The van der Waals surface area contributed by atoms with Crippen molar-refractivity contribution in [2.24, 2.45) is 0 Å². The van der Waals surface area contributed by atoms with Gasteiger partial charge in [0.1, 0.15) is 9.88 Å². The quantitative estimate of drug-likeness (QED) is 0.919. The number of carboxylic acid groups (broad SMARTS) is 1. The van der Waals surface area contributed by atoms with Gasteiger partial charge < -0.3 is 5.11 Å². The number of pyridine rings is 1. The Balaban J connectivity index is 2.46. The summed E-state index contributed by atoms with van der Waals surface area (Å²) in [6, 6.07) is 3.82. The molecule has 4 nitrogen and oxygen atoms in total. The molecule has 0 saturated heterocycles. The Morgan fingerprint density at radius 3 is 2.89 bits per heavy atom. The van der Waals surface area contributed by atoms with Gasteiger partial charge in [-0.05, 0) is 31.0 Å². The zero-order chi connectivity index (χ0) is 13.1. The van der Waals surface area contributed by atoms with Crippen LogP contribution in [0.2, 0.25) is 0 Å². The molecule has 2 aromatic rings. The zero-order valence-corrected chi connectivity index (χ0v) is 11.1. The number of thiazole rings is 1. The third kappa shape index (κ3) is 2.56. The number of rotatable bonds is 4. The van der Waals surface area contributed by atoms with E-state index in [1.54, 1.807) is 6.20 Å². The molecule has 0 bridgehead atoms. The van der Waals surface area contributed by atoms with Crippen molar-refractivity contribution >= 4 is 17.3 Å². The van der Waals surface area contributed by atoms with Gasteiger partial charge in [-0.25, -0.2) is 9.78 Å². The van der Waals surface area contributed by atoms with Crippen molar-refractivity contribution < 1.29 is 9.90 Å². The second-order valence-corrected chi connectivity index (χ2v) is 5.07. The molecule has 2 aromatic heterocycles. The van der Waals surface area contributed by atoms with Gasteiger partial charge >= 0.3 is 5.97 Å². The summed E-state index contributed by atoms with van der Waals surface area (Å²) >= 11 is 1.20. The molecule has 18 heavy (non-hydrogen) atoms. The number of aryl methyl sites for hydroxylation is 2. The lowest BCUT2D eigenvalue weighted by atomic mass is 10.2. The van der Waals surface area contributed by atoms with Crippen molar-refractivity contribution in [1.82, 2.24) is 9.97 Å². The Hall–Kier alpha value is -1.75. The minimum atomic E-state index is -0.908. The molecule has 0 amide bonds. The number of nitrogens with zero attached hydrogens (tertiary/aromatic N) is 2. The van der Waals surface area contributed by atoms with E-state index in [9.17, 15) is 4.79 Å². The summed E-state index contributed by atoms with van der Waals surface area (Å²) in [5, 5.41) is 9.84. The van der Waals surface area contributed by atoms with Crippen molar-refractivity contribution in [3.63, 3.8) is 0 Å². The molecule has 0 saturated carbocycles. The van der Waals surface area contributed by atoms with E-state index in [1.807, 2.05) is 26.0 Å². The summed E-state index contributed by atoms with van der Waals surface area (Å²) in [5.74, 6) is -0.908. The lowest BCUT2D eigenvalue weighted by Crippen LogP contribution is -1.98. The number of hydrogen-bond acceptors (Lipinski definition) is 4. The molecule has 94 valence electrons. The minimum absolute atomic E-state index is 0.329. The average molecular weight is 262 g/mol. The van der Waals surface area contributed by atoms with E-state index in [1.165, 1.54) is 11.3 Å². The molecule has 0 unspecified atom stereocenters. The van der Waals surface area contributed by atoms with Gasteiger partial charge in [0.15, 0.2) is 0 Å². The zero-order valence-electron chi connectivity index (χ0n) is 10.3. The van der Waals surface area contributed by atoms with Crippen LogP contribution >= 0.6 is 11.3 Å². The van der Waals surface area contributed by atoms with E-state index < -0.39 is 5.97 Å². The molecular formula is C13H14N2O2S. The number of carboxylic acids is 1. The summed E-state index contributed by atoms with van der Waals surface area (Å²) in [6.07, 6.45) is 3.28. The van der Waals surface area contributed by atoms with Crippen molar-refractivity contribution in [3.8, 4) is 10.7 Å².